The van der Waals surface area contributed by atoms with E-state index >= 15 is 0 Å². The van der Waals surface area contributed by atoms with Crippen molar-refractivity contribution in [2.45, 2.75) is 129 Å². The fourth-order valence-electron chi connectivity index (χ4n) is 8.21. The zero-order valence-electron chi connectivity index (χ0n) is 21.4. The topological polar surface area (TPSA) is 0 Å². The molecule has 4 saturated carbocycles. The molecule has 4 aliphatic rings. The maximum absolute atomic E-state index is 13.2. The third-order valence-electron chi connectivity index (χ3n) is 10.6. The summed E-state index contributed by atoms with van der Waals surface area (Å²) in [4.78, 5) is 0. The summed E-state index contributed by atoms with van der Waals surface area (Å²) in [6.07, 6.45) is 19.4. The molecule has 4 fully saturated rings. The summed E-state index contributed by atoms with van der Waals surface area (Å²) >= 11 is 0. The van der Waals surface area contributed by atoms with Crippen LogP contribution in [0.15, 0.2) is 11.9 Å². The van der Waals surface area contributed by atoms with Gasteiger partial charge in [0.25, 0.3) is 0 Å². The first kappa shape index (κ1) is 26.5. The van der Waals surface area contributed by atoms with Crippen molar-refractivity contribution in [3.8, 4) is 0 Å². The molecule has 0 radical (unpaired) electrons. The van der Waals surface area contributed by atoms with Crippen LogP contribution < -0.4 is 0 Å². The molecule has 4 aliphatic carbocycles. The van der Waals surface area contributed by atoms with Crippen LogP contribution >= 0.6 is 0 Å². The van der Waals surface area contributed by atoms with Crippen molar-refractivity contribution in [3.05, 3.63) is 11.9 Å². The Labute approximate surface area is 205 Å². The van der Waals surface area contributed by atoms with Crippen molar-refractivity contribution in [2.24, 2.45) is 47.3 Å². The molecule has 0 aromatic carbocycles. The molecule has 0 aromatic heterocycles. The standard InChI is InChI=1S/C30H48F4/c1-21-2-12-25(13-3-21)26-14-6-22(7-15-26)4-5-23-8-16-27(17-9-23)28-18-10-24(11-19-28)20-29(31)30(32,33)34/h20-28H,2-19H2,1H3. The maximum atomic E-state index is 13.2. The lowest BCUT2D eigenvalue weighted by molar-refractivity contribution is -0.109. The fraction of sp³-hybridized carbons (Fsp3) is 0.933. The van der Waals surface area contributed by atoms with Crippen molar-refractivity contribution in [1.29, 1.82) is 0 Å². The Hall–Kier alpha value is -0.540. The summed E-state index contributed by atoms with van der Waals surface area (Å²) in [7, 11) is 0. The molecule has 0 heterocycles. The largest absolute Gasteiger partial charge is 0.442 e. The van der Waals surface area contributed by atoms with Crippen LogP contribution in [-0.2, 0) is 0 Å². The second kappa shape index (κ2) is 12.1. The minimum Gasteiger partial charge on any atom is -0.202 e. The Bertz CT molecular complexity index is 621. The number of rotatable bonds is 6. The van der Waals surface area contributed by atoms with Crippen LogP contribution in [0.1, 0.15) is 122 Å². The van der Waals surface area contributed by atoms with Crippen LogP contribution in [-0.4, -0.2) is 6.18 Å². The second-order valence-corrected chi connectivity index (χ2v) is 12.8. The maximum Gasteiger partial charge on any atom is 0.442 e. The molecule has 0 unspecified atom stereocenters. The van der Waals surface area contributed by atoms with E-state index in [9.17, 15) is 17.6 Å². The number of halogens is 4. The van der Waals surface area contributed by atoms with Crippen molar-refractivity contribution in [2.75, 3.05) is 0 Å². The van der Waals surface area contributed by atoms with Gasteiger partial charge < -0.3 is 0 Å². The van der Waals surface area contributed by atoms with Crippen molar-refractivity contribution in [3.63, 3.8) is 0 Å². The smallest absolute Gasteiger partial charge is 0.202 e. The van der Waals surface area contributed by atoms with E-state index in [0.717, 1.165) is 67.3 Å². The Kier molecular flexibility index (Phi) is 9.46. The Morgan fingerprint density at radius 2 is 0.941 bits per heavy atom. The van der Waals surface area contributed by atoms with Gasteiger partial charge >= 0.3 is 6.18 Å². The van der Waals surface area contributed by atoms with Crippen LogP contribution in [0.2, 0.25) is 0 Å². The molecule has 0 bridgehead atoms. The molecule has 34 heavy (non-hydrogen) atoms. The lowest BCUT2D eigenvalue weighted by Crippen LogP contribution is -2.27. The summed E-state index contributed by atoms with van der Waals surface area (Å²) in [5, 5.41) is 0. The van der Waals surface area contributed by atoms with Gasteiger partial charge in [0.15, 0.2) is 5.83 Å². The van der Waals surface area contributed by atoms with Gasteiger partial charge in [-0.25, -0.2) is 4.39 Å². The summed E-state index contributed by atoms with van der Waals surface area (Å²) < 4.78 is 50.6. The molecule has 0 spiro atoms. The van der Waals surface area contributed by atoms with E-state index in [-0.39, 0.29) is 5.92 Å². The third kappa shape index (κ3) is 7.48. The normalized spacial score (nSPS) is 40.8. The van der Waals surface area contributed by atoms with E-state index in [1.54, 1.807) is 0 Å². The number of hydrogen-bond donors (Lipinski definition) is 0. The predicted molar refractivity (Wildman–Crippen MR) is 132 cm³/mol. The zero-order valence-corrected chi connectivity index (χ0v) is 21.4. The van der Waals surface area contributed by atoms with E-state index < -0.39 is 12.0 Å². The van der Waals surface area contributed by atoms with Crippen LogP contribution in [0.5, 0.6) is 0 Å². The van der Waals surface area contributed by atoms with Crippen LogP contribution in [0.4, 0.5) is 17.6 Å². The Balaban J connectivity index is 1.09. The van der Waals surface area contributed by atoms with Crippen molar-refractivity contribution in [1.82, 2.24) is 0 Å². The zero-order chi connectivity index (χ0) is 24.1. The van der Waals surface area contributed by atoms with E-state index in [0.29, 0.717) is 5.92 Å². The molecular weight excluding hydrogens is 436 g/mol. The molecular formula is C30H48F4. The molecule has 0 N–H and O–H groups in total. The Morgan fingerprint density at radius 3 is 1.32 bits per heavy atom. The van der Waals surface area contributed by atoms with Gasteiger partial charge in [-0.2, -0.15) is 13.2 Å². The Morgan fingerprint density at radius 1 is 0.588 bits per heavy atom. The first-order valence-electron chi connectivity index (χ1n) is 14.7. The van der Waals surface area contributed by atoms with Crippen molar-refractivity contribution < 1.29 is 17.6 Å². The van der Waals surface area contributed by atoms with Gasteiger partial charge in [0.05, 0.1) is 0 Å². The minimum atomic E-state index is -4.82. The molecule has 0 aliphatic heterocycles. The molecule has 196 valence electrons. The molecule has 4 rings (SSSR count). The highest BCUT2D eigenvalue weighted by Gasteiger charge is 2.37. The molecule has 0 atom stereocenters. The van der Waals surface area contributed by atoms with E-state index in [1.807, 2.05) is 0 Å². The van der Waals surface area contributed by atoms with Crippen LogP contribution in [0.25, 0.3) is 0 Å². The number of hydrogen-bond acceptors (Lipinski definition) is 0. The molecule has 0 saturated heterocycles. The summed E-state index contributed by atoms with van der Waals surface area (Å²) in [5.41, 5.74) is 0. The summed E-state index contributed by atoms with van der Waals surface area (Å²) in [6, 6.07) is 0. The van der Waals surface area contributed by atoms with Gasteiger partial charge in [-0.05, 0) is 118 Å². The predicted octanol–water partition coefficient (Wildman–Crippen LogP) is 10.4. The van der Waals surface area contributed by atoms with Gasteiger partial charge in [-0.3, -0.25) is 0 Å². The summed E-state index contributed by atoms with van der Waals surface area (Å²) in [5.74, 6) is 4.16. The lowest BCUT2D eigenvalue weighted by Gasteiger charge is -2.39. The minimum absolute atomic E-state index is 0.231. The fourth-order valence-corrected chi connectivity index (χ4v) is 8.21. The third-order valence-corrected chi connectivity index (χ3v) is 10.6. The molecule has 0 aromatic rings. The number of alkyl halides is 3. The van der Waals surface area contributed by atoms with E-state index in [1.165, 1.54) is 89.9 Å². The van der Waals surface area contributed by atoms with Crippen LogP contribution in [0, 0.1) is 47.3 Å². The highest BCUT2D eigenvalue weighted by molar-refractivity contribution is 5.03. The quantitative estimate of drug-likeness (QED) is 0.329. The SMILES string of the molecule is CC1CCC(C2CCC(CCC3CCC(C4CCC(C=C(F)C(F)(F)F)CC4)CC3)CC2)CC1. The monoisotopic (exact) mass is 484 g/mol. The van der Waals surface area contributed by atoms with Gasteiger partial charge in [0, 0.05) is 0 Å². The van der Waals surface area contributed by atoms with Crippen LogP contribution in [0.3, 0.4) is 0 Å². The lowest BCUT2D eigenvalue weighted by atomic mass is 9.67. The van der Waals surface area contributed by atoms with Crippen molar-refractivity contribution >= 4 is 0 Å². The second-order valence-electron chi connectivity index (χ2n) is 12.8. The first-order chi connectivity index (χ1) is 16.3. The first-order valence-corrected chi connectivity index (χ1v) is 14.7. The van der Waals surface area contributed by atoms with Gasteiger partial charge in [-0.1, -0.05) is 58.3 Å². The average Bonchev–Trinajstić information content (AvgIpc) is 2.84. The molecule has 4 heteroatoms. The van der Waals surface area contributed by atoms with Gasteiger partial charge in [-0.15, -0.1) is 0 Å². The molecule has 0 nitrogen and oxygen atoms in total. The average molecular weight is 485 g/mol. The number of allylic oxidation sites excluding steroid dienone is 2. The van der Waals surface area contributed by atoms with Gasteiger partial charge in [0.2, 0.25) is 0 Å². The van der Waals surface area contributed by atoms with E-state index in [2.05, 4.69) is 6.92 Å². The van der Waals surface area contributed by atoms with Gasteiger partial charge in [0.1, 0.15) is 0 Å². The highest BCUT2D eigenvalue weighted by atomic mass is 19.4. The molecule has 0 amide bonds. The highest BCUT2D eigenvalue weighted by Crippen LogP contribution is 2.45. The van der Waals surface area contributed by atoms with E-state index in [4.69, 9.17) is 0 Å². The summed E-state index contributed by atoms with van der Waals surface area (Å²) in [6.45, 7) is 2.42.